The van der Waals surface area contributed by atoms with Gasteiger partial charge in [0.2, 0.25) is 0 Å². The molecular formula is C10H12N2O3. The quantitative estimate of drug-likeness (QED) is 0.320. The first-order valence-electron chi connectivity index (χ1n) is 4.48. The summed E-state index contributed by atoms with van der Waals surface area (Å²) >= 11 is 0. The van der Waals surface area contributed by atoms with Crippen molar-refractivity contribution >= 4 is 5.97 Å². The summed E-state index contributed by atoms with van der Waals surface area (Å²) in [5.74, 6) is -0.434. The Kier molecular flexibility index (Phi) is 4.28. The Bertz CT molecular complexity index is 327. The highest BCUT2D eigenvalue weighted by atomic mass is 16.5. The minimum absolute atomic E-state index is 0.117. The van der Waals surface area contributed by atoms with Crippen molar-refractivity contribution in [1.29, 1.82) is 0 Å². The molecule has 0 aliphatic carbocycles. The van der Waals surface area contributed by atoms with E-state index in [0.717, 1.165) is 10.6 Å². The summed E-state index contributed by atoms with van der Waals surface area (Å²) in [6, 6.07) is 9.35. The van der Waals surface area contributed by atoms with Crippen molar-refractivity contribution in [3.63, 3.8) is 0 Å². The first kappa shape index (κ1) is 11.2. The highest BCUT2D eigenvalue weighted by Crippen LogP contribution is 2.04. The summed E-state index contributed by atoms with van der Waals surface area (Å²) in [5.41, 5.74) is 0.934. The van der Waals surface area contributed by atoms with Crippen molar-refractivity contribution in [2.45, 2.75) is 13.5 Å². The highest BCUT2D eigenvalue weighted by molar-refractivity contribution is 5.65. The minimum Gasteiger partial charge on any atom is -0.443 e. The zero-order valence-electron chi connectivity index (χ0n) is 8.42. The number of ether oxygens (including phenoxy) is 1. The predicted molar refractivity (Wildman–Crippen MR) is 54.4 cm³/mol. The lowest BCUT2D eigenvalue weighted by molar-refractivity contribution is -0.146. The first-order chi connectivity index (χ1) is 7.22. The van der Waals surface area contributed by atoms with Gasteiger partial charge in [0, 0.05) is 6.92 Å². The Morgan fingerprint density at radius 3 is 2.60 bits per heavy atom. The maximum atomic E-state index is 10.5. The molecule has 0 aliphatic heterocycles. The van der Waals surface area contributed by atoms with Crippen molar-refractivity contribution in [3.8, 4) is 0 Å². The predicted octanol–water partition coefficient (Wildman–Crippen LogP) is 1.69. The van der Waals surface area contributed by atoms with Crippen molar-refractivity contribution in [3.05, 3.63) is 40.8 Å². The largest absolute Gasteiger partial charge is 0.443 e. The molecule has 0 radical (unpaired) electrons. The fourth-order valence-electron chi connectivity index (χ4n) is 1.06. The Balaban J connectivity index is 2.47. The van der Waals surface area contributed by atoms with E-state index in [9.17, 15) is 9.70 Å². The zero-order chi connectivity index (χ0) is 11.1. The molecule has 0 aromatic heterocycles. The summed E-state index contributed by atoms with van der Waals surface area (Å²) in [5, 5.41) is 3.90. The number of hydrogen-bond acceptors (Lipinski definition) is 4. The Labute approximate surface area is 87.6 Å². The van der Waals surface area contributed by atoms with Crippen LogP contribution in [0.3, 0.4) is 0 Å². The number of rotatable bonds is 5. The van der Waals surface area contributed by atoms with E-state index in [0.29, 0.717) is 6.54 Å². The van der Waals surface area contributed by atoms with Gasteiger partial charge in [-0.05, 0) is 5.56 Å². The lowest BCUT2D eigenvalue weighted by atomic mass is 10.2. The molecule has 0 heterocycles. The lowest BCUT2D eigenvalue weighted by Gasteiger charge is -2.14. The smallest absolute Gasteiger partial charge is 0.304 e. The maximum absolute atomic E-state index is 10.5. The molecule has 0 bridgehead atoms. The molecule has 80 valence electrons. The number of nitrogens with zero attached hydrogens (tertiary/aromatic N) is 2. The van der Waals surface area contributed by atoms with E-state index in [-0.39, 0.29) is 6.73 Å². The molecule has 0 saturated heterocycles. The first-order valence-corrected chi connectivity index (χ1v) is 4.48. The van der Waals surface area contributed by atoms with Crippen LogP contribution in [0, 0.1) is 4.91 Å². The standard InChI is InChI=1S/C10H12N2O3/c1-9(13)15-8-12(11-14)7-10-5-3-2-4-6-10/h2-6H,7-8H2,1H3. The second kappa shape index (κ2) is 5.74. The molecular weight excluding hydrogens is 196 g/mol. The monoisotopic (exact) mass is 208 g/mol. The van der Waals surface area contributed by atoms with Crippen LogP contribution < -0.4 is 0 Å². The average molecular weight is 208 g/mol. The Hall–Kier alpha value is -1.91. The Morgan fingerprint density at radius 2 is 2.07 bits per heavy atom. The molecule has 0 amide bonds. The van der Waals surface area contributed by atoms with Crippen molar-refractivity contribution in [2.24, 2.45) is 5.29 Å². The number of nitroso groups, excluding NO2 is 1. The van der Waals surface area contributed by atoms with Crippen LogP contribution in [0.1, 0.15) is 12.5 Å². The van der Waals surface area contributed by atoms with Gasteiger partial charge in [-0.1, -0.05) is 30.3 Å². The SMILES string of the molecule is CC(=O)OCN(Cc1ccccc1)N=O. The zero-order valence-corrected chi connectivity index (χ0v) is 8.42. The van der Waals surface area contributed by atoms with Gasteiger partial charge in [0.05, 0.1) is 11.8 Å². The third kappa shape index (κ3) is 4.21. The summed E-state index contributed by atoms with van der Waals surface area (Å²) < 4.78 is 4.66. The van der Waals surface area contributed by atoms with Crippen molar-refractivity contribution < 1.29 is 9.53 Å². The molecule has 15 heavy (non-hydrogen) atoms. The van der Waals surface area contributed by atoms with Gasteiger partial charge < -0.3 is 4.74 Å². The second-order valence-electron chi connectivity index (χ2n) is 3.00. The molecule has 1 aromatic carbocycles. The van der Waals surface area contributed by atoms with E-state index in [1.54, 1.807) is 0 Å². The highest BCUT2D eigenvalue weighted by Gasteiger charge is 2.05. The summed E-state index contributed by atoms with van der Waals surface area (Å²) in [4.78, 5) is 20.9. The van der Waals surface area contributed by atoms with Crippen molar-refractivity contribution in [2.75, 3.05) is 6.73 Å². The van der Waals surface area contributed by atoms with Crippen LogP contribution in [0.2, 0.25) is 0 Å². The summed E-state index contributed by atoms with van der Waals surface area (Å²) in [7, 11) is 0. The molecule has 5 heteroatoms. The van der Waals surface area contributed by atoms with E-state index in [2.05, 4.69) is 10.0 Å². The molecule has 1 rings (SSSR count). The van der Waals surface area contributed by atoms with Gasteiger partial charge in [0.15, 0.2) is 6.73 Å². The van der Waals surface area contributed by atoms with Crippen LogP contribution in [0.15, 0.2) is 35.6 Å². The Morgan fingerprint density at radius 1 is 1.40 bits per heavy atom. The lowest BCUT2D eigenvalue weighted by Crippen LogP contribution is -2.21. The van der Waals surface area contributed by atoms with Crippen molar-refractivity contribution in [1.82, 2.24) is 5.01 Å². The minimum atomic E-state index is -0.434. The molecule has 5 nitrogen and oxygen atoms in total. The number of carbonyl (C=O) groups is 1. The van der Waals surface area contributed by atoms with Gasteiger partial charge in [-0.25, -0.2) is 5.01 Å². The van der Waals surface area contributed by atoms with E-state index in [1.807, 2.05) is 30.3 Å². The van der Waals surface area contributed by atoms with Gasteiger partial charge in [-0.15, -0.1) is 4.91 Å². The molecule has 0 N–H and O–H groups in total. The number of benzene rings is 1. The fourth-order valence-corrected chi connectivity index (χ4v) is 1.06. The van der Waals surface area contributed by atoms with E-state index < -0.39 is 5.97 Å². The fraction of sp³-hybridized carbons (Fsp3) is 0.300. The average Bonchev–Trinajstić information content (AvgIpc) is 2.25. The van der Waals surface area contributed by atoms with Crippen LogP contribution in [0.4, 0.5) is 0 Å². The normalized spacial score (nSPS) is 9.40. The summed E-state index contributed by atoms with van der Waals surface area (Å²) in [6.07, 6.45) is 0. The van der Waals surface area contributed by atoms with E-state index in [4.69, 9.17) is 0 Å². The molecule has 1 aromatic rings. The van der Waals surface area contributed by atoms with Crippen LogP contribution >= 0.6 is 0 Å². The molecule has 0 saturated carbocycles. The third-order valence-corrected chi connectivity index (χ3v) is 1.74. The van der Waals surface area contributed by atoms with Crippen LogP contribution in [0.5, 0.6) is 0 Å². The van der Waals surface area contributed by atoms with Crippen LogP contribution in [-0.2, 0) is 16.1 Å². The van der Waals surface area contributed by atoms with Gasteiger partial charge in [0.25, 0.3) is 0 Å². The second-order valence-corrected chi connectivity index (χ2v) is 3.00. The van der Waals surface area contributed by atoms with Gasteiger partial charge in [-0.2, -0.15) is 0 Å². The molecule has 0 atom stereocenters. The molecule has 0 aliphatic rings. The van der Waals surface area contributed by atoms with Gasteiger partial charge in [-0.3, -0.25) is 4.79 Å². The van der Waals surface area contributed by atoms with E-state index in [1.165, 1.54) is 6.92 Å². The number of esters is 1. The summed E-state index contributed by atoms with van der Waals surface area (Å²) in [6.45, 7) is 1.50. The maximum Gasteiger partial charge on any atom is 0.304 e. The molecule has 0 fully saturated rings. The topological polar surface area (TPSA) is 59.0 Å². The van der Waals surface area contributed by atoms with Crippen LogP contribution in [-0.4, -0.2) is 17.7 Å². The molecule has 0 spiro atoms. The van der Waals surface area contributed by atoms with Gasteiger partial charge >= 0.3 is 5.97 Å². The van der Waals surface area contributed by atoms with E-state index >= 15 is 0 Å². The number of carbonyl (C=O) groups excluding carboxylic acids is 1. The third-order valence-electron chi connectivity index (χ3n) is 1.74. The molecule has 0 unspecified atom stereocenters. The van der Waals surface area contributed by atoms with Gasteiger partial charge in [0.1, 0.15) is 0 Å². The van der Waals surface area contributed by atoms with Crippen LogP contribution in [0.25, 0.3) is 0 Å². The number of hydrogen-bond donors (Lipinski definition) is 0.